The van der Waals surface area contributed by atoms with Gasteiger partial charge in [0.15, 0.2) is 10.9 Å². The molecule has 36 heavy (non-hydrogen) atoms. The van der Waals surface area contributed by atoms with E-state index in [0.29, 0.717) is 50.5 Å². The van der Waals surface area contributed by atoms with E-state index in [1.165, 1.54) is 42.4 Å². The van der Waals surface area contributed by atoms with Crippen LogP contribution in [0.2, 0.25) is 10.0 Å². The van der Waals surface area contributed by atoms with Gasteiger partial charge in [-0.3, -0.25) is 9.36 Å². The summed E-state index contributed by atoms with van der Waals surface area (Å²) < 4.78 is 7.38. The van der Waals surface area contributed by atoms with Gasteiger partial charge in [0.2, 0.25) is 5.82 Å². The number of carbonyl (C=O) groups excluding carboxylic acids is 1. The van der Waals surface area contributed by atoms with Gasteiger partial charge in [-0.2, -0.15) is 0 Å². The zero-order valence-electron chi connectivity index (χ0n) is 19.3. The molecular formula is C24H24Cl2N6O2S2. The van der Waals surface area contributed by atoms with Gasteiger partial charge in [0, 0.05) is 23.5 Å². The topological polar surface area (TPSA) is 89.1 Å². The highest BCUT2D eigenvalue weighted by atomic mass is 35.5. The van der Waals surface area contributed by atoms with Crippen LogP contribution in [-0.2, 0) is 5.75 Å². The number of furan rings is 1. The minimum atomic E-state index is -0.145. The molecule has 0 bridgehead atoms. The highest BCUT2D eigenvalue weighted by Gasteiger charge is 2.21. The number of thiazole rings is 1. The molecule has 1 fully saturated rings. The second kappa shape index (κ2) is 11.8. The Morgan fingerprint density at radius 3 is 2.83 bits per heavy atom. The van der Waals surface area contributed by atoms with Crippen molar-refractivity contribution in [2.24, 2.45) is 0 Å². The zero-order valence-corrected chi connectivity index (χ0v) is 22.5. The summed E-state index contributed by atoms with van der Waals surface area (Å²) in [7, 11) is 0. The molecule has 1 aliphatic heterocycles. The van der Waals surface area contributed by atoms with Crippen LogP contribution in [0.1, 0.15) is 34.8 Å². The van der Waals surface area contributed by atoms with Gasteiger partial charge >= 0.3 is 0 Å². The fourth-order valence-electron chi connectivity index (χ4n) is 4.01. The molecule has 1 saturated heterocycles. The lowest BCUT2D eigenvalue weighted by atomic mass is 10.1. The first-order valence-corrected chi connectivity index (χ1v) is 14.2. The number of hydrogen-bond acceptors (Lipinski definition) is 8. The predicted molar refractivity (Wildman–Crippen MR) is 143 cm³/mol. The van der Waals surface area contributed by atoms with Crippen LogP contribution in [0.5, 0.6) is 0 Å². The van der Waals surface area contributed by atoms with Gasteiger partial charge in [0.1, 0.15) is 10.7 Å². The van der Waals surface area contributed by atoms with Crippen LogP contribution in [0.4, 0.5) is 0 Å². The Hall–Kier alpha value is -2.37. The molecule has 0 unspecified atom stereocenters. The Bertz CT molecular complexity index is 1320. The maximum Gasteiger partial charge on any atom is 0.270 e. The minimum absolute atomic E-state index is 0.145. The van der Waals surface area contributed by atoms with Gasteiger partial charge in [-0.25, -0.2) is 4.98 Å². The van der Waals surface area contributed by atoms with E-state index in [2.05, 4.69) is 25.4 Å². The maximum absolute atomic E-state index is 12.6. The highest BCUT2D eigenvalue weighted by Crippen LogP contribution is 2.34. The molecule has 0 atom stereocenters. The van der Waals surface area contributed by atoms with Crippen LogP contribution < -0.4 is 5.32 Å². The Balaban J connectivity index is 1.27. The van der Waals surface area contributed by atoms with Gasteiger partial charge in [0.25, 0.3) is 5.91 Å². The number of rotatable bonds is 9. The quantitative estimate of drug-likeness (QED) is 0.258. The predicted octanol–water partition coefficient (Wildman–Crippen LogP) is 5.80. The van der Waals surface area contributed by atoms with E-state index < -0.39 is 0 Å². The van der Waals surface area contributed by atoms with Gasteiger partial charge in [-0.05, 0) is 56.3 Å². The Morgan fingerprint density at radius 1 is 1.17 bits per heavy atom. The number of halogens is 2. The lowest BCUT2D eigenvalue weighted by molar-refractivity contribution is 0.0942. The van der Waals surface area contributed by atoms with Crippen molar-refractivity contribution in [3.05, 3.63) is 62.7 Å². The van der Waals surface area contributed by atoms with Crippen molar-refractivity contribution in [2.45, 2.75) is 30.2 Å². The van der Waals surface area contributed by atoms with E-state index in [4.69, 9.17) is 27.6 Å². The SMILES string of the molecule is O=C(NCCN1CCCCC1)c1csc(CSc2nnc(-c3ccco3)n2-c2cc(Cl)ccc2Cl)n1. The largest absolute Gasteiger partial charge is 0.461 e. The smallest absolute Gasteiger partial charge is 0.270 e. The molecule has 5 rings (SSSR count). The van der Waals surface area contributed by atoms with Crippen molar-refractivity contribution in [1.29, 1.82) is 0 Å². The lowest BCUT2D eigenvalue weighted by Crippen LogP contribution is -2.37. The third kappa shape index (κ3) is 5.95. The van der Waals surface area contributed by atoms with Crippen LogP contribution in [-0.4, -0.2) is 56.7 Å². The third-order valence-electron chi connectivity index (χ3n) is 5.80. The van der Waals surface area contributed by atoms with Crippen molar-refractivity contribution in [1.82, 2.24) is 30.0 Å². The highest BCUT2D eigenvalue weighted by molar-refractivity contribution is 7.98. The molecule has 0 saturated carbocycles. The number of benzene rings is 1. The molecule has 12 heteroatoms. The first-order chi connectivity index (χ1) is 17.6. The van der Waals surface area contributed by atoms with Gasteiger partial charge < -0.3 is 14.6 Å². The maximum atomic E-state index is 12.6. The summed E-state index contributed by atoms with van der Waals surface area (Å²) in [5, 5.41) is 15.9. The van der Waals surface area contributed by atoms with Crippen LogP contribution in [0.15, 0.2) is 51.5 Å². The van der Waals surface area contributed by atoms with Crippen molar-refractivity contribution in [3.63, 3.8) is 0 Å². The fraction of sp³-hybridized carbons (Fsp3) is 0.333. The summed E-state index contributed by atoms with van der Waals surface area (Å²) >= 11 is 15.7. The normalized spacial score (nSPS) is 14.3. The molecule has 4 aromatic rings. The molecule has 1 aliphatic rings. The second-order valence-electron chi connectivity index (χ2n) is 8.29. The molecule has 188 valence electrons. The fourth-order valence-corrected chi connectivity index (χ4v) is 6.12. The third-order valence-corrected chi connectivity index (χ3v) is 8.32. The monoisotopic (exact) mass is 562 g/mol. The molecular weight excluding hydrogens is 539 g/mol. The van der Waals surface area contributed by atoms with E-state index >= 15 is 0 Å². The standard InChI is InChI=1S/C24H24Cl2N6O2S2/c25-16-6-7-17(26)19(13-16)32-22(20-5-4-12-34-20)29-30-24(32)36-15-21-28-18(14-35-21)23(33)27-8-11-31-9-2-1-3-10-31/h4-7,12-14H,1-3,8-11,15H2,(H,27,33). The van der Waals surface area contributed by atoms with E-state index in [-0.39, 0.29) is 5.91 Å². The first kappa shape index (κ1) is 25.3. The van der Waals surface area contributed by atoms with E-state index in [9.17, 15) is 4.79 Å². The molecule has 4 heterocycles. The Labute approximate surface area is 227 Å². The van der Waals surface area contributed by atoms with Crippen LogP contribution in [0, 0.1) is 0 Å². The van der Waals surface area contributed by atoms with E-state index in [1.807, 2.05) is 10.6 Å². The van der Waals surface area contributed by atoms with E-state index in [1.54, 1.807) is 35.9 Å². The molecule has 8 nitrogen and oxygen atoms in total. The summed E-state index contributed by atoms with van der Waals surface area (Å²) in [6, 6.07) is 8.82. The number of nitrogens with zero attached hydrogens (tertiary/aromatic N) is 5. The van der Waals surface area contributed by atoms with Crippen LogP contribution in [0.25, 0.3) is 17.3 Å². The van der Waals surface area contributed by atoms with Gasteiger partial charge in [0.05, 0.1) is 22.7 Å². The zero-order chi connectivity index (χ0) is 24.9. The molecule has 0 spiro atoms. The van der Waals surface area contributed by atoms with Gasteiger partial charge in [-0.1, -0.05) is 41.4 Å². The summed E-state index contributed by atoms with van der Waals surface area (Å²) in [6.07, 6.45) is 5.35. The number of likely N-dealkylation sites (tertiary alicyclic amines) is 1. The number of carbonyl (C=O) groups is 1. The summed E-state index contributed by atoms with van der Waals surface area (Å²) in [4.78, 5) is 19.5. The Morgan fingerprint density at radius 2 is 2.03 bits per heavy atom. The average Bonchev–Trinajstić information content (AvgIpc) is 3.65. The van der Waals surface area contributed by atoms with Crippen LogP contribution in [0.3, 0.4) is 0 Å². The molecule has 0 radical (unpaired) electrons. The van der Waals surface area contributed by atoms with Crippen molar-refractivity contribution < 1.29 is 9.21 Å². The number of hydrogen-bond donors (Lipinski definition) is 1. The van der Waals surface area contributed by atoms with Gasteiger partial charge in [-0.15, -0.1) is 21.5 Å². The number of aromatic nitrogens is 4. The molecule has 1 aromatic carbocycles. The lowest BCUT2D eigenvalue weighted by Gasteiger charge is -2.26. The summed E-state index contributed by atoms with van der Waals surface area (Å²) in [6.45, 7) is 3.72. The molecule has 1 amide bonds. The number of nitrogens with one attached hydrogen (secondary N) is 1. The summed E-state index contributed by atoms with van der Waals surface area (Å²) in [5.41, 5.74) is 1.08. The van der Waals surface area contributed by atoms with Crippen molar-refractivity contribution in [2.75, 3.05) is 26.2 Å². The Kier molecular flexibility index (Phi) is 8.28. The van der Waals surface area contributed by atoms with E-state index in [0.717, 1.165) is 24.6 Å². The second-order valence-corrected chi connectivity index (χ2v) is 11.0. The molecule has 1 N–H and O–H groups in total. The molecule has 0 aliphatic carbocycles. The first-order valence-electron chi connectivity index (χ1n) is 11.6. The average molecular weight is 564 g/mol. The molecule has 3 aromatic heterocycles. The summed E-state index contributed by atoms with van der Waals surface area (Å²) in [5.74, 6) is 1.44. The minimum Gasteiger partial charge on any atom is -0.461 e. The number of piperidine rings is 1. The van der Waals surface area contributed by atoms with Crippen LogP contribution >= 0.6 is 46.3 Å². The number of amides is 1. The van der Waals surface area contributed by atoms with Crippen molar-refractivity contribution in [3.8, 4) is 17.3 Å². The van der Waals surface area contributed by atoms with Crippen molar-refractivity contribution >= 4 is 52.2 Å². The number of thioether (sulfide) groups is 1.